The number of aromatic nitrogens is 1. The van der Waals surface area contributed by atoms with Crippen molar-refractivity contribution in [2.24, 2.45) is 0 Å². The quantitative estimate of drug-likeness (QED) is 0.908. The zero-order valence-corrected chi connectivity index (χ0v) is 11.1. The second-order valence-electron chi connectivity index (χ2n) is 4.68. The van der Waals surface area contributed by atoms with E-state index in [1.165, 1.54) is 6.07 Å². The van der Waals surface area contributed by atoms with Crippen LogP contribution in [0, 0.1) is 13.8 Å². The van der Waals surface area contributed by atoms with Crippen LogP contribution in [0.25, 0.3) is 0 Å². The van der Waals surface area contributed by atoms with Crippen molar-refractivity contribution in [3.63, 3.8) is 0 Å². The van der Waals surface area contributed by atoms with Gasteiger partial charge in [-0.1, -0.05) is 12.1 Å². The average Bonchev–Trinajstić information content (AvgIpc) is 2.37. The zero-order chi connectivity index (χ0) is 14.9. The van der Waals surface area contributed by atoms with E-state index in [-0.39, 0.29) is 0 Å². The molecule has 0 aliphatic rings. The minimum Gasteiger partial charge on any atom is -0.382 e. The van der Waals surface area contributed by atoms with Crippen LogP contribution in [0.4, 0.5) is 13.2 Å². The summed E-state index contributed by atoms with van der Waals surface area (Å²) >= 11 is 0. The van der Waals surface area contributed by atoms with Gasteiger partial charge in [0, 0.05) is 6.20 Å². The minimum absolute atomic E-state index is 0.386. The molecule has 5 heteroatoms. The van der Waals surface area contributed by atoms with Crippen LogP contribution in [0.2, 0.25) is 0 Å². The highest BCUT2D eigenvalue weighted by Gasteiger charge is 2.31. The van der Waals surface area contributed by atoms with Gasteiger partial charge in [0.25, 0.3) is 0 Å². The summed E-state index contributed by atoms with van der Waals surface area (Å²) in [5.41, 5.74) is 1.34. The summed E-state index contributed by atoms with van der Waals surface area (Å²) in [6.45, 7) is 3.34. The Balaban J connectivity index is 2.42. The molecule has 0 aliphatic carbocycles. The number of hydrogen-bond acceptors (Lipinski definition) is 2. The first-order chi connectivity index (χ1) is 9.30. The van der Waals surface area contributed by atoms with Crippen molar-refractivity contribution in [3.05, 3.63) is 64.5 Å². The summed E-state index contributed by atoms with van der Waals surface area (Å²) in [6.07, 6.45) is -3.86. The Morgan fingerprint density at radius 1 is 1.10 bits per heavy atom. The summed E-state index contributed by atoms with van der Waals surface area (Å²) in [5, 5.41) is 10.3. The van der Waals surface area contributed by atoms with E-state index in [0.717, 1.165) is 17.7 Å². The molecular formula is C15H14F3NO. The van der Waals surface area contributed by atoms with Gasteiger partial charge in [-0.25, -0.2) is 0 Å². The largest absolute Gasteiger partial charge is 0.416 e. The lowest BCUT2D eigenvalue weighted by Crippen LogP contribution is -2.09. The van der Waals surface area contributed by atoms with Crippen LogP contribution in [0.1, 0.15) is 34.1 Å². The Morgan fingerprint density at radius 3 is 2.35 bits per heavy atom. The third kappa shape index (κ3) is 2.82. The molecule has 1 heterocycles. The van der Waals surface area contributed by atoms with Crippen molar-refractivity contribution in [1.29, 1.82) is 0 Å². The van der Waals surface area contributed by atoms with Gasteiger partial charge in [-0.05, 0) is 48.7 Å². The highest BCUT2D eigenvalue weighted by Crippen LogP contribution is 2.33. The second-order valence-corrected chi connectivity index (χ2v) is 4.68. The number of hydrogen-bond donors (Lipinski definition) is 1. The zero-order valence-electron chi connectivity index (χ0n) is 11.1. The van der Waals surface area contributed by atoms with Gasteiger partial charge < -0.3 is 5.11 Å². The molecule has 2 rings (SSSR count). The van der Waals surface area contributed by atoms with Crippen LogP contribution < -0.4 is 0 Å². The first-order valence-corrected chi connectivity index (χ1v) is 6.08. The van der Waals surface area contributed by atoms with Crippen LogP contribution in [-0.2, 0) is 6.18 Å². The van der Waals surface area contributed by atoms with Crippen molar-refractivity contribution in [3.8, 4) is 0 Å². The summed E-state index contributed by atoms with van der Waals surface area (Å²) in [7, 11) is 0. The van der Waals surface area contributed by atoms with Gasteiger partial charge >= 0.3 is 6.18 Å². The number of aliphatic hydroxyl groups excluding tert-OH is 1. The first-order valence-electron chi connectivity index (χ1n) is 6.08. The lowest BCUT2D eigenvalue weighted by atomic mass is 9.96. The standard InChI is InChI=1S/C15H14F3NO/c1-9-4-3-7-19-13(9)14(20)12-6-5-11(8-10(12)2)15(16,17)18/h3-8,14,20H,1-2H3. The number of nitrogens with zero attached hydrogens (tertiary/aromatic N) is 1. The molecule has 0 aliphatic heterocycles. The molecule has 20 heavy (non-hydrogen) atoms. The molecule has 1 aromatic carbocycles. The number of halogens is 3. The molecule has 1 aromatic heterocycles. The van der Waals surface area contributed by atoms with Gasteiger partial charge in [0.15, 0.2) is 0 Å². The van der Waals surface area contributed by atoms with E-state index >= 15 is 0 Å². The van der Waals surface area contributed by atoms with Crippen molar-refractivity contribution in [1.82, 2.24) is 4.98 Å². The molecule has 1 atom stereocenters. The summed E-state index contributed by atoms with van der Waals surface area (Å²) in [4.78, 5) is 4.09. The number of aryl methyl sites for hydroxylation is 2. The molecule has 0 radical (unpaired) electrons. The predicted molar refractivity (Wildman–Crippen MR) is 69.2 cm³/mol. The molecule has 0 fully saturated rings. The molecule has 1 N–H and O–H groups in total. The molecule has 0 saturated heterocycles. The number of alkyl halides is 3. The Morgan fingerprint density at radius 2 is 1.80 bits per heavy atom. The van der Waals surface area contributed by atoms with Crippen LogP contribution in [-0.4, -0.2) is 10.1 Å². The molecular weight excluding hydrogens is 267 g/mol. The van der Waals surface area contributed by atoms with E-state index in [9.17, 15) is 18.3 Å². The van der Waals surface area contributed by atoms with Crippen molar-refractivity contribution in [2.45, 2.75) is 26.1 Å². The van der Waals surface area contributed by atoms with Crippen LogP contribution in [0.15, 0.2) is 36.5 Å². The topological polar surface area (TPSA) is 33.1 Å². The molecule has 106 valence electrons. The first kappa shape index (κ1) is 14.5. The van der Waals surface area contributed by atoms with Gasteiger partial charge in [0.1, 0.15) is 6.10 Å². The van der Waals surface area contributed by atoms with E-state index in [2.05, 4.69) is 4.98 Å². The normalized spacial score (nSPS) is 13.3. The molecule has 1 unspecified atom stereocenters. The van der Waals surface area contributed by atoms with E-state index < -0.39 is 17.8 Å². The fraction of sp³-hybridized carbons (Fsp3) is 0.267. The maximum Gasteiger partial charge on any atom is 0.416 e. The van der Waals surface area contributed by atoms with E-state index in [4.69, 9.17) is 0 Å². The number of rotatable bonds is 2. The Bertz CT molecular complexity index is 623. The van der Waals surface area contributed by atoms with Gasteiger partial charge in [0.05, 0.1) is 11.3 Å². The Labute approximate surface area is 114 Å². The lowest BCUT2D eigenvalue weighted by Gasteiger charge is -2.17. The SMILES string of the molecule is Cc1cc(C(F)(F)F)ccc1C(O)c1ncccc1C. The molecule has 0 saturated carbocycles. The Hall–Kier alpha value is -1.88. The summed E-state index contributed by atoms with van der Waals surface area (Å²) in [6, 6.07) is 6.85. The smallest absolute Gasteiger partial charge is 0.382 e. The van der Waals surface area contributed by atoms with E-state index in [1.54, 1.807) is 32.2 Å². The highest BCUT2D eigenvalue weighted by molar-refractivity contribution is 5.38. The average molecular weight is 281 g/mol. The van der Waals surface area contributed by atoms with Crippen LogP contribution in [0.5, 0.6) is 0 Å². The number of pyridine rings is 1. The number of benzene rings is 1. The fourth-order valence-corrected chi connectivity index (χ4v) is 2.09. The summed E-state index contributed by atoms with van der Waals surface area (Å²) < 4.78 is 37.8. The Kier molecular flexibility index (Phi) is 3.81. The van der Waals surface area contributed by atoms with Crippen molar-refractivity contribution in [2.75, 3.05) is 0 Å². The van der Waals surface area contributed by atoms with Gasteiger partial charge in [-0.15, -0.1) is 0 Å². The van der Waals surface area contributed by atoms with Crippen molar-refractivity contribution < 1.29 is 18.3 Å². The third-order valence-corrected chi connectivity index (χ3v) is 3.20. The summed E-state index contributed by atoms with van der Waals surface area (Å²) in [5.74, 6) is 0. The second kappa shape index (κ2) is 5.25. The van der Waals surface area contributed by atoms with Crippen LogP contribution >= 0.6 is 0 Å². The number of aliphatic hydroxyl groups is 1. The molecule has 2 aromatic rings. The molecule has 0 bridgehead atoms. The highest BCUT2D eigenvalue weighted by atomic mass is 19.4. The van der Waals surface area contributed by atoms with E-state index in [0.29, 0.717) is 16.8 Å². The van der Waals surface area contributed by atoms with Gasteiger partial charge in [-0.2, -0.15) is 13.2 Å². The maximum atomic E-state index is 12.6. The lowest BCUT2D eigenvalue weighted by molar-refractivity contribution is -0.137. The molecule has 0 amide bonds. The van der Waals surface area contributed by atoms with Gasteiger partial charge in [-0.3, -0.25) is 4.98 Å². The minimum atomic E-state index is -4.38. The van der Waals surface area contributed by atoms with E-state index in [1.807, 2.05) is 0 Å². The van der Waals surface area contributed by atoms with Gasteiger partial charge in [0.2, 0.25) is 0 Å². The monoisotopic (exact) mass is 281 g/mol. The molecule has 2 nitrogen and oxygen atoms in total. The fourth-order valence-electron chi connectivity index (χ4n) is 2.09. The van der Waals surface area contributed by atoms with Crippen molar-refractivity contribution >= 4 is 0 Å². The van der Waals surface area contributed by atoms with Crippen LogP contribution in [0.3, 0.4) is 0 Å². The maximum absolute atomic E-state index is 12.6. The predicted octanol–water partition coefficient (Wildman–Crippen LogP) is 3.80. The third-order valence-electron chi connectivity index (χ3n) is 3.20. The molecule has 0 spiro atoms.